The summed E-state index contributed by atoms with van der Waals surface area (Å²) in [5.41, 5.74) is 6.93. The molecule has 0 saturated carbocycles. The molecule has 0 atom stereocenters. The molecule has 204 valence electrons. The molecule has 0 unspecified atom stereocenters. The largest absolute Gasteiger partial charge is 0.493 e. The van der Waals surface area contributed by atoms with Crippen molar-refractivity contribution in [1.82, 2.24) is 14.8 Å². The Balaban J connectivity index is 1.59. The van der Waals surface area contributed by atoms with Gasteiger partial charge in [0.15, 0.2) is 5.16 Å². The Labute approximate surface area is 234 Å². The third kappa shape index (κ3) is 7.27. The van der Waals surface area contributed by atoms with E-state index in [0.29, 0.717) is 35.3 Å². The molecule has 0 aliphatic rings. The van der Waals surface area contributed by atoms with Gasteiger partial charge in [-0.25, -0.2) is 4.79 Å². The van der Waals surface area contributed by atoms with Gasteiger partial charge < -0.3 is 25.1 Å². The molecule has 0 saturated heterocycles. The lowest BCUT2D eigenvalue weighted by Crippen LogP contribution is -2.17. The highest BCUT2D eigenvalue weighted by molar-refractivity contribution is 7.99. The standard InChI is InChI=1S/C25H30ClN5O5S2/c1-5-31-18(8-7-11-36-17-10-9-16(26)12-14(17)3)29-30-25(31)37-13-19(32)28-23-20(24(34)35-6-2)15(4)21(38-23)22(27)33/h9-10,12H,5-8,11,13H2,1-4H3,(H2,27,33)(H,28,32). The number of rotatable bonds is 13. The quantitative estimate of drug-likeness (QED) is 0.169. The van der Waals surface area contributed by atoms with Gasteiger partial charge in [-0.15, -0.1) is 21.5 Å². The van der Waals surface area contributed by atoms with E-state index in [9.17, 15) is 14.4 Å². The minimum absolute atomic E-state index is 0.0300. The molecule has 2 aromatic heterocycles. The smallest absolute Gasteiger partial charge is 0.341 e. The molecule has 3 N–H and O–H groups in total. The number of aromatic nitrogens is 3. The van der Waals surface area contributed by atoms with Gasteiger partial charge in [-0.3, -0.25) is 9.59 Å². The van der Waals surface area contributed by atoms with Crippen molar-refractivity contribution in [3.8, 4) is 5.75 Å². The number of amides is 2. The molecule has 13 heteroatoms. The molecule has 1 aromatic carbocycles. The number of nitrogens with one attached hydrogen (secondary N) is 1. The molecule has 0 radical (unpaired) electrons. The maximum Gasteiger partial charge on any atom is 0.341 e. The number of nitrogens with two attached hydrogens (primary N) is 1. The maximum absolute atomic E-state index is 12.7. The topological polar surface area (TPSA) is 138 Å². The Kier molecular flexibility index (Phi) is 10.6. The van der Waals surface area contributed by atoms with Crippen molar-refractivity contribution in [2.24, 2.45) is 5.73 Å². The number of halogens is 1. The summed E-state index contributed by atoms with van der Waals surface area (Å²) in [5, 5.41) is 12.8. The number of thiophene rings is 1. The fraction of sp³-hybridized carbons (Fsp3) is 0.400. The molecule has 38 heavy (non-hydrogen) atoms. The summed E-state index contributed by atoms with van der Waals surface area (Å²) in [6.07, 6.45) is 1.40. The molecule has 2 amide bonds. The van der Waals surface area contributed by atoms with Crippen LogP contribution in [0.15, 0.2) is 23.4 Å². The number of primary amides is 1. The van der Waals surface area contributed by atoms with E-state index in [1.54, 1.807) is 19.9 Å². The van der Waals surface area contributed by atoms with Crippen molar-refractivity contribution in [2.45, 2.75) is 52.2 Å². The van der Waals surface area contributed by atoms with Gasteiger partial charge in [-0.1, -0.05) is 23.4 Å². The molecule has 2 heterocycles. The van der Waals surface area contributed by atoms with Crippen LogP contribution in [0.4, 0.5) is 5.00 Å². The number of hydrogen-bond donors (Lipinski definition) is 2. The van der Waals surface area contributed by atoms with Gasteiger partial charge >= 0.3 is 5.97 Å². The third-order valence-corrected chi connectivity index (χ3v) is 7.91. The van der Waals surface area contributed by atoms with Crippen LogP contribution in [0.5, 0.6) is 5.75 Å². The number of carbonyl (C=O) groups is 3. The summed E-state index contributed by atoms with van der Waals surface area (Å²) < 4.78 is 12.9. The first-order valence-electron chi connectivity index (χ1n) is 12.0. The van der Waals surface area contributed by atoms with Crippen LogP contribution >= 0.6 is 34.7 Å². The Morgan fingerprint density at radius 2 is 1.97 bits per heavy atom. The summed E-state index contributed by atoms with van der Waals surface area (Å²) >= 11 is 8.18. The van der Waals surface area contributed by atoms with Crippen molar-refractivity contribution in [1.29, 1.82) is 0 Å². The first-order valence-corrected chi connectivity index (χ1v) is 14.2. The van der Waals surface area contributed by atoms with Crippen molar-refractivity contribution >= 4 is 57.5 Å². The van der Waals surface area contributed by atoms with Gasteiger partial charge in [0.05, 0.1) is 29.4 Å². The number of nitrogens with zero attached hydrogens (tertiary/aromatic N) is 3. The normalized spacial score (nSPS) is 10.9. The Morgan fingerprint density at radius 1 is 1.21 bits per heavy atom. The lowest BCUT2D eigenvalue weighted by molar-refractivity contribution is -0.113. The molecule has 0 bridgehead atoms. The number of esters is 1. The number of aryl methyl sites for hydroxylation is 2. The molecule has 10 nitrogen and oxygen atoms in total. The van der Waals surface area contributed by atoms with Crippen LogP contribution in [-0.4, -0.2) is 51.5 Å². The third-order valence-electron chi connectivity index (χ3n) is 5.48. The number of carbonyl (C=O) groups excluding carboxylic acids is 3. The summed E-state index contributed by atoms with van der Waals surface area (Å²) in [6.45, 7) is 8.52. The summed E-state index contributed by atoms with van der Waals surface area (Å²) in [4.78, 5) is 37.1. The van der Waals surface area contributed by atoms with Crippen molar-refractivity contribution in [3.05, 3.63) is 50.6 Å². The highest BCUT2D eigenvalue weighted by Gasteiger charge is 2.26. The zero-order chi connectivity index (χ0) is 27.8. The maximum atomic E-state index is 12.7. The van der Waals surface area contributed by atoms with Crippen LogP contribution in [0.1, 0.15) is 57.2 Å². The predicted octanol–water partition coefficient (Wildman–Crippen LogP) is 4.65. The number of ether oxygens (including phenoxy) is 2. The molecule has 3 aromatic rings. The predicted molar refractivity (Wildman–Crippen MR) is 149 cm³/mol. The van der Waals surface area contributed by atoms with Crippen LogP contribution in [0.2, 0.25) is 5.02 Å². The summed E-state index contributed by atoms with van der Waals surface area (Å²) in [6, 6.07) is 5.51. The Bertz CT molecular complexity index is 1320. The second-order valence-electron chi connectivity index (χ2n) is 8.19. The number of benzene rings is 1. The van der Waals surface area contributed by atoms with Gasteiger partial charge in [0, 0.05) is 18.0 Å². The van der Waals surface area contributed by atoms with Crippen molar-refractivity contribution < 1.29 is 23.9 Å². The summed E-state index contributed by atoms with van der Waals surface area (Å²) in [5.74, 6) is -0.0355. The minimum atomic E-state index is -0.676. The highest BCUT2D eigenvalue weighted by Crippen LogP contribution is 2.34. The van der Waals surface area contributed by atoms with E-state index in [0.717, 1.165) is 34.9 Å². The van der Waals surface area contributed by atoms with Gasteiger partial charge in [0.1, 0.15) is 16.6 Å². The average Bonchev–Trinajstić information content (AvgIpc) is 3.41. The van der Waals surface area contributed by atoms with E-state index in [1.165, 1.54) is 11.8 Å². The fourth-order valence-electron chi connectivity index (χ4n) is 3.69. The Hall–Kier alpha value is -3.09. The van der Waals surface area contributed by atoms with E-state index in [2.05, 4.69) is 15.5 Å². The van der Waals surface area contributed by atoms with E-state index >= 15 is 0 Å². The minimum Gasteiger partial charge on any atom is -0.493 e. The summed E-state index contributed by atoms with van der Waals surface area (Å²) in [7, 11) is 0. The molecule has 3 rings (SSSR count). The first kappa shape index (κ1) is 29.5. The van der Waals surface area contributed by atoms with Gasteiger partial charge in [-0.2, -0.15) is 0 Å². The van der Waals surface area contributed by atoms with Gasteiger partial charge in [0.2, 0.25) is 5.91 Å². The number of thioether (sulfide) groups is 1. The van der Waals surface area contributed by atoms with Gasteiger partial charge in [0.25, 0.3) is 5.91 Å². The molecular formula is C25H30ClN5O5S2. The van der Waals surface area contributed by atoms with Crippen LogP contribution in [0, 0.1) is 13.8 Å². The van der Waals surface area contributed by atoms with Crippen molar-refractivity contribution in [2.75, 3.05) is 24.3 Å². The van der Waals surface area contributed by atoms with Crippen LogP contribution in [0.3, 0.4) is 0 Å². The second-order valence-corrected chi connectivity index (χ2v) is 10.6. The molecule has 0 spiro atoms. The lowest BCUT2D eigenvalue weighted by atomic mass is 10.1. The lowest BCUT2D eigenvalue weighted by Gasteiger charge is -2.10. The van der Waals surface area contributed by atoms with Crippen LogP contribution in [0.25, 0.3) is 0 Å². The number of anilines is 1. The van der Waals surface area contributed by atoms with Crippen molar-refractivity contribution in [3.63, 3.8) is 0 Å². The molecule has 0 fully saturated rings. The van der Waals surface area contributed by atoms with E-state index in [4.69, 9.17) is 26.8 Å². The average molecular weight is 580 g/mol. The SMILES string of the molecule is CCOC(=O)c1c(NC(=O)CSc2nnc(CCCOc3ccc(Cl)cc3C)n2CC)sc(C(N)=O)c1C. The van der Waals surface area contributed by atoms with E-state index in [-0.39, 0.29) is 33.7 Å². The Morgan fingerprint density at radius 3 is 2.63 bits per heavy atom. The van der Waals surface area contributed by atoms with E-state index < -0.39 is 11.9 Å². The van der Waals surface area contributed by atoms with E-state index in [1.807, 2.05) is 30.5 Å². The first-order chi connectivity index (χ1) is 18.2. The second kappa shape index (κ2) is 13.6. The molecular weight excluding hydrogens is 550 g/mol. The monoisotopic (exact) mass is 579 g/mol. The van der Waals surface area contributed by atoms with Crippen LogP contribution < -0.4 is 15.8 Å². The zero-order valence-electron chi connectivity index (χ0n) is 21.6. The van der Waals surface area contributed by atoms with Gasteiger partial charge in [-0.05, 0) is 63.4 Å². The number of hydrogen-bond acceptors (Lipinski definition) is 9. The fourth-order valence-corrected chi connectivity index (χ4v) is 5.81. The highest BCUT2D eigenvalue weighted by atomic mass is 35.5. The van der Waals surface area contributed by atoms with Crippen LogP contribution in [-0.2, 0) is 22.5 Å². The zero-order valence-corrected chi connectivity index (χ0v) is 24.0. The molecule has 0 aliphatic heterocycles. The molecule has 0 aliphatic carbocycles.